The van der Waals surface area contributed by atoms with Crippen molar-refractivity contribution in [3.8, 4) is 11.4 Å². The van der Waals surface area contributed by atoms with E-state index < -0.39 is 0 Å². The summed E-state index contributed by atoms with van der Waals surface area (Å²) in [6, 6.07) is 11.2. The first kappa shape index (κ1) is 13.9. The number of carbonyl (C=O) groups excluding carboxylic acids is 1. The van der Waals surface area contributed by atoms with E-state index in [1.165, 1.54) is 7.11 Å². The molecule has 3 rings (SSSR count). The van der Waals surface area contributed by atoms with E-state index in [9.17, 15) is 4.79 Å². The molecule has 1 aromatic carbocycles. The van der Waals surface area contributed by atoms with E-state index in [2.05, 4.69) is 15.5 Å². The Morgan fingerprint density at radius 1 is 1.18 bits per heavy atom. The van der Waals surface area contributed by atoms with E-state index >= 15 is 0 Å². The zero-order chi connectivity index (χ0) is 15.5. The molecule has 2 aromatic heterocycles. The van der Waals surface area contributed by atoms with Gasteiger partial charge in [-0.1, -0.05) is 18.2 Å². The predicted molar refractivity (Wildman–Crippen MR) is 81.3 cm³/mol. The second-order valence-corrected chi connectivity index (χ2v) is 4.65. The number of amides is 1. The van der Waals surface area contributed by atoms with Gasteiger partial charge in [-0.3, -0.25) is 9.48 Å². The van der Waals surface area contributed by atoms with Gasteiger partial charge in [0.25, 0.3) is 5.91 Å². The fourth-order valence-corrected chi connectivity index (χ4v) is 2.04. The third kappa shape index (κ3) is 2.69. The molecule has 7 heteroatoms. The maximum atomic E-state index is 12.3. The molecule has 0 atom stereocenters. The van der Waals surface area contributed by atoms with Crippen LogP contribution in [-0.4, -0.2) is 32.6 Å². The van der Waals surface area contributed by atoms with Crippen molar-refractivity contribution >= 4 is 11.7 Å². The topological polar surface area (TPSA) is 74.0 Å². The number of carbonyl (C=O) groups is 1. The van der Waals surface area contributed by atoms with Crippen LogP contribution in [0.1, 0.15) is 10.5 Å². The zero-order valence-corrected chi connectivity index (χ0v) is 12.2. The second kappa shape index (κ2) is 5.72. The van der Waals surface area contributed by atoms with Crippen molar-refractivity contribution in [2.45, 2.75) is 0 Å². The highest BCUT2D eigenvalue weighted by molar-refractivity contribution is 6.04. The average Bonchev–Trinajstić information content (AvgIpc) is 3.14. The number of anilines is 1. The van der Waals surface area contributed by atoms with E-state index in [0.717, 1.165) is 5.69 Å². The number of aromatic nitrogens is 4. The molecule has 0 saturated carbocycles. The number of nitrogens with one attached hydrogen (secondary N) is 1. The van der Waals surface area contributed by atoms with Crippen molar-refractivity contribution in [3.05, 3.63) is 54.5 Å². The molecule has 0 aliphatic rings. The third-order valence-corrected chi connectivity index (χ3v) is 3.09. The lowest BCUT2D eigenvalue weighted by Gasteiger charge is -2.01. The van der Waals surface area contributed by atoms with Crippen molar-refractivity contribution in [1.82, 2.24) is 19.6 Å². The molecule has 7 nitrogen and oxygen atoms in total. The van der Waals surface area contributed by atoms with Crippen LogP contribution in [0.3, 0.4) is 0 Å². The summed E-state index contributed by atoms with van der Waals surface area (Å²) in [6.07, 6.45) is 3.41. The van der Waals surface area contributed by atoms with Gasteiger partial charge in [0, 0.05) is 19.3 Å². The first-order chi connectivity index (χ1) is 10.7. The highest BCUT2D eigenvalue weighted by Gasteiger charge is 2.19. The van der Waals surface area contributed by atoms with Gasteiger partial charge < -0.3 is 10.1 Å². The van der Waals surface area contributed by atoms with Gasteiger partial charge in [0.1, 0.15) is 0 Å². The molecular weight excluding hydrogens is 282 g/mol. The number of hydrogen-bond acceptors (Lipinski definition) is 4. The lowest BCUT2D eigenvalue weighted by atomic mass is 10.3. The molecule has 1 amide bonds. The van der Waals surface area contributed by atoms with Gasteiger partial charge in [0.05, 0.1) is 19.0 Å². The van der Waals surface area contributed by atoms with Gasteiger partial charge >= 0.3 is 0 Å². The Labute approximate surface area is 127 Å². The quantitative estimate of drug-likeness (QED) is 0.797. The molecule has 1 N–H and O–H groups in total. The van der Waals surface area contributed by atoms with Crippen molar-refractivity contribution < 1.29 is 9.53 Å². The van der Waals surface area contributed by atoms with Gasteiger partial charge in [-0.2, -0.15) is 10.2 Å². The van der Waals surface area contributed by atoms with Crippen LogP contribution in [0.2, 0.25) is 0 Å². The van der Waals surface area contributed by atoms with Crippen molar-refractivity contribution in [1.29, 1.82) is 0 Å². The van der Waals surface area contributed by atoms with Crippen LogP contribution >= 0.6 is 0 Å². The number of benzene rings is 1. The summed E-state index contributed by atoms with van der Waals surface area (Å²) in [5.74, 6) is 0.492. The third-order valence-electron chi connectivity index (χ3n) is 3.09. The average molecular weight is 297 g/mol. The Bertz CT molecular complexity index is 791. The van der Waals surface area contributed by atoms with Crippen LogP contribution in [0.15, 0.2) is 48.8 Å². The normalized spacial score (nSPS) is 10.5. The Morgan fingerprint density at radius 2 is 1.95 bits per heavy atom. The first-order valence-corrected chi connectivity index (χ1v) is 6.67. The molecule has 3 aromatic rings. The summed E-state index contributed by atoms with van der Waals surface area (Å²) >= 11 is 0. The van der Waals surface area contributed by atoms with Crippen LogP contribution in [0.5, 0.6) is 5.75 Å². The second-order valence-electron chi connectivity index (χ2n) is 4.65. The lowest BCUT2D eigenvalue weighted by Crippen LogP contribution is -2.14. The standard InChI is InChI=1S/C15H15N5O2/c1-19-9-8-13(17-19)16-15(21)14-12(22-2)10-20(18-14)11-6-4-3-5-7-11/h3-10H,1-2H3,(H,16,17,21). The van der Waals surface area contributed by atoms with E-state index in [-0.39, 0.29) is 11.6 Å². The Morgan fingerprint density at radius 3 is 2.59 bits per heavy atom. The fraction of sp³-hybridized carbons (Fsp3) is 0.133. The fourth-order valence-electron chi connectivity index (χ4n) is 2.04. The van der Waals surface area contributed by atoms with E-state index in [1.807, 2.05) is 30.3 Å². The number of ether oxygens (including phenoxy) is 1. The molecule has 0 aliphatic heterocycles. The molecule has 112 valence electrons. The minimum Gasteiger partial charge on any atom is -0.493 e. The van der Waals surface area contributed by atoms with Crippen LogP contribution in [0, 0.1) is 0 Å². The van der Waals surface area contributed by atoms with Crippen LogP contribution in [0.25, 0.3) is 5.69 Å². The molecule has 0 spiro atoms. The molecular formula is C15H15N5O2. The van der Waals surface area contributed by atoms with E-state index in [4.69, 9.17) is 4.74 Å². The lowest BCUT2D eigenvalue weighted by molar-refractivity contribution is 0.101. The van der Waals surface area contributed by atoms with Crippen molar-refractivity contribution in [2.75, 3.05) is 12.4 Å². The maximum absolute atomic E-state index is 12.3. The SMILES string of the molecule is COc1cn(-c2ccccc2)nc1C(=O)Nc1ccn(C)n1. The molecule has 0 unspecified atom stereocenters. The monoisotopic (exact) mass is 297 g/mol. The zero-order valence-electron chi connectivity index (χ0n) is 12.2. The predicted octanol–water partition coefficient (Wildman–Crippen LogP) is 1.87. The number of methoxy groups -OCH3 is 1. The Balaban J connectivity index is 1.89. The number of para-hydroxylation sites is 1. The summed E-state index contributed by atoms with van der Waals surface area (Å²) in [6.45, 7) is 0. The Kier molecular flexibility index (Phi) is 3.61. The highest BCUT2D eigenvalue weighted by atomic mass is 16.5. The Hall–Kier alpha value is -3.09. The summed E-state index contributed by atoms with van der Waals surface area (Å²) < 4.78 is 8.45. The first-order valence-electron chi connectivity index (χ1n) is 6.67. The number of rotatable bonds is 4. The van der Waals surface area contributed by atoms with Gasteiger partial charge in [0.15, 0.2) is 17.3 Å². The summed E-state index contributed by atoms with van der Waals surface area (Å²) in [5.41, 5.74) is 1.05. The minimum atomic E-state index is -0.370. The number of hydrogen-bond donors (Lipinski definition) is 1. The van der Waals surface area contributed by atoms with Gasteiger partial charge in [0.2, 0.25) is 0 Å². The smallest absolute Gasteiger partial charge is 0.281 e. The number of nitrogens with zero attached hydrogens (tertiary/aromatic N) is 4. The molecule has 0 radical (unpaired) electrons. The van der Waals surface area contributed by atoms with Crippen molar-refractivity contribution in [2.24, 2.45) is 7.05 Å². The van der Waals surface area contributed by atoms with Gasteiger partial charge in [-0.25, -0.2) is 4.68 Å². The molecule has 22 heavy (non-hydrogen) atoms. The molecule has 0 aliphatic carbocycles. The molecule has 0 bridgehead atoms. The van der Waals surface area contributed by atoms with Gasteiger partial charge in [-0.15, -0.1) is 0 Å². The molecule has 0 fully saturated rings. The highest BCUT2D eigenvalue weighted by Crippen LogP contribution is 2.20. The van der Waals surface area contributed by atoms with Crippen molar-refractivity contribution in [3.63, 3.8) is 0 Å². The van der Waals surface area contributed by atoms with Crippen LogP contribution < -0.4 is 10.1 Å². The van der Waals surface area contributed by atoms with Crippen LogP contribution in [-0.2, 0) is 7.05 Å². The summed E-state index contributed by atoms with van der Waals surface area (Å²) in [4.78, 5) is 12.3. The minimum absolute atomic E-state index is 0.206. The summed E-state index contributed by atoms with van der Waals surface area (Å²) in [5, 5.41) is 11.1. The van der Waals surface area contributed by atoms with Gasteiger partial charge in [-0.05, 0) is 12.1 Å². The van der Waals surface area contributed by atoms with Crippen LogP contribution in [0.4, 0.5) is 5.82 Å². The number of aryl methyl sites for hydroxylation is 1. The molecule has 2 heterocycles. The van der Waals surface area contributed by atoms with E-state index in [1.54, 1.807) is 34.9 Å². The largest absolute Gasteiger partial charge is 0.493 e. The maximum Gasteiger partial charge on any atom is 0.281 e. The van der Waals surface area contributed by atoms with E-state index in [0.29, 0.717) is 11.6 Å². The molecule has 0 saturated heterocycles. The summed E-state index contributed by atoms with van der Waals surface area (Å²) in [7, 11) is 3.28.